The number of aromatic nitrogens is 3. The van der Waals surface area contributed by atoms with Crippen LogP contribution < -0.4 is 5.32 Å². The van der Waals surface area contributed by atoms with Gasteiger partial charge >= 0.3 is 0 Å². The van der Waals surface area contributed by atoms with Crippen LogP contribution in [0.2, 0.25) is 0 Å². The van der Waals surface area contributed by atoms with Crippen LogP contribution in [0.1, 0.15) is 49.6 Å². The molecule has 0 bridgehead atoms. The lowest BCUT2D eigenvalue weighted by Gasteiger charge is -2.21. The number of aryl methyl sites for hydroxylation is 1. The Morgan fingerprint density at radius 3 is 2.71 bits per heavy atom. The molecule has 1 aliphatic rings. The van der Waals surface area contributed by atoms with Gasteiger partial charge in [-0.25, -0.2) is 4.98 Å². The Kier molecular flexibility index (Phi) is 6.79. The molecule has 7 nitrogen and oxygen atoms in total. The van der Waals surface area contributed by atoms with Crippen LogP contribution >= 0.6 is 0 Å². The second kappa shape index (κ2) is 9.48. The molecule has 2 aromatic rings. The van der Waals surface area contributed by atoms with E-state index in [4.69, 9.17) is 0 Å². The summed E-state index contributed by atoms with van der Waals surface area (Å²) in [7, 11) is 1.86. The van der Waals surface area contributed by atoms with E-state index in [2.05, 4.69) is 27.4 Å². The van der Waals surface area contributed by atoms with Gasteiger partial charge in [0, 0.05) is 39.4 Å². The molecule has 2 N–H and O–H groups in total. The third kappa shape index (κ3) is 5.90. The Morgan fingerprint density at radius 1 is 1.29 bits per heavy atom. The van der Waals surface area contributed by atoms with E-state index in [0.29, 0.717) is 44.1 Å². The van der Waals surface area contributed by atoms with Gasteiger partial charge in [-0.15, -0.1) is 0 Å². The van der Waals surface area contributed by atoms with E-state index in [-0.39, 0.29) is 11.8 Å². The number of rotatable bonds is 10. The maximum absolute atomic E-state index is 12.5. The van der Waals surface area contributed by atoms with E-state index >= 15 is 0 Å². The van der Waals surface area contributed by atoms with Crippen LogP contribution in [-0.4, -0.2) is 38.9 Å². The Morgan fingerprint density at radius 2 is 2.04 bits per heavy atom. The maximum atomic E-state index is 12.5. The lowest BCUT2D eigenvalue weighted by Crippen LogP contribution is -2.29. The van der Waals surface area contributed by atoms with Crippen molar-refractivity contribution in [1.82, 2.24) is 25.4 Å². The van der Waals surface area contributed by atoms with E-state index in [9.17, 15) is 9.59 Å². The van der Waals surface area contributed by atoms with Crippen molar-refractivity contribution in [1.29, 1.82) is 0 Å². The number of nitrogens with zero attached hydrogens (tertiary/aromatic N) is 3. The average molecular weight is 383 g/mol. The quantitative estimate of drug-likeness (QED) is 0.659. The molecule has 1 aliphatic carbocycles. The fourth-order valence-corrected chi connectivity index (χ4v) is 3.36. The summed E-state index contributed by atoms with van der Waals surface area (Å²) in [4.78, 5) is 30.4. The summed E-state index contributed by atoms with van der Waals surface area (Å²) in [5.41, 5.74) is 2.10. The predicted octanol–water partition coefficient (Wildman–Crippen LogP) is 2.45. The predicted molar refractivity (Wildman–Crippen MR) is 106 cm³/mol. The van der Waals surface area contributed by atoms with Gasteiger partial charge in [0.25, 0.3) is 0 Å². The zero-order valence-electron chi connectivity index (χ0n) is 16.6. The summed E-state index contributed by atoms with van der Waals surface area (Å²) in [5, 5.41) is 9.49. The summed E-state index contributed by atoms with van der Waals surface area (Å²) in [6.45, 7) is 3.18. The van der Waals surface area contributed by atoms with Gasteiger partial charge in [0.2, 0.25) is 11.8 Å². The number of hydrogen-bond acceptors (Lipinski definition) is 4. The first kappa shape index (κ1) is 20.0. The molecular weight excluding hydrogens is 354 g/mol. The standard InChI is InChI=1S/C21H29N5O2/c1-15(16-7-8-16)11-21(28)26(2)13-18-6-4-3-5-17(18)12-22-20(27)10-9-19-23-14-24-25-19/h3-6,14-16H,7-13H2,1-2H3,(H,22,27)(H,23,24,25). The fraction of sp³-hybridized carbons (Fsp3) is 0.524. The molecular formula is C21H29N5O2. The second-order valence-electron chi connectivity index (χ2n) is 7.75. The molecule has 1 atom stereocenters. The van der Waals surface area contributed by atoms with Gasteiger partial charge in [-0.05, 0) is 35.8 Å². The average Bonchev–Trinajstić information content (AvgIpc) is 3.41. The molecule has 1 aromatic carbocycles. The monoisotopic (exact) mass is 383 g/mol. The molecule has 28 heavy (non-hydrogen) atoms. The molecule has 1 saturated carbocycles. The minimum atomic E-state index is -0.0334. The van der Waals surface area contributed by atoms with Crippen molar-refractivity contribution < 1.29 is 9.59 Å². The molecule has 7 heteroatoms. The number of amides is 2. The van der Waals surface area contributed by atoms with Crippen LogP contribution in [0.25, 0.3) is 0 Å². The van der Waals surface area contributed by atoms with Crippen LogP contribution in [0, 0.1) is 11.8 Å². The van der Waals surface area contributed by atoms with E-state index in [1.165, 1.54) is 19.2 Å². The van der Waals surface area contributed by atoms with Gasteiger partial charge in [-0.3, -0.25) is 14.7 Å². The number of benzene rings is 1. The summed E-state index contributed by atoms with van der Waals surface area (Å²) >= 11 is 0. The first-order valence-corrected chi connectivity index (χ1v) is 9.94. The van der Waals surface area contributed by atoms with Gasteiger partial charge in [-0.2, -0.15) is 5.10 Å². The van der Waals surface area contributed by atoms with Crippen molar-refractivity contribution in [2.24, 2.45) is 11.8 Å². The highest BCUT2D eigenvalue weighted by Crippen LogP contribution is 2.38. The van der Waals surface area contributed by atoms with Crippen molar-refractivity contribution in [3.8, 4) is 0 Å². The van der Waals surface area contributed by atoms with Crippen LogP contribution in [0.5, 0.6) is 0 Å². The summed E-state index contributed by atoms with van der Waals surface area (Å²) in [5.74, 6) is 2.06. The molecule has 1 unspecified atom stereocenters. The highest BCUT2D eigenvalue weighted by molar-refractivity contribution is 5.76. The minimum Gasteiger partial charge on any atom is -0.352 e. The smallest absolute Gasteiger partial charge is 0.222 e. The summed E-state index contributed by atoms with van der Waals surface area (Å²) in [6, 6.07) is 7.94. The van der Waals surface area contributed by atoms with Crippen LogP contribution in [-0.2, 0) is 29.1 Å². The van der Waals surface area contributed by atoms with Crippen molar-refractivity contribution >= 4 is 11.8 Å². The Bertz CT molecular complexity index is 786. The molecule has 0 radical (unpaired) electrons. The molecule has 0 spiro atoms. The van der Waals surface area contributed by atoms with Crippen LogP contribution in [0.15, 0.2) is 30.6 Å². The largest absolute Gasteiger partial charge is 0.352 e. The Labute approximate surface area is 165 Å². The van der Waals surface area contributed by atoms with Crippen molar-refractivity contribution in [3.63, 3.8) is 0 Å². The van der Waals surface area contributed by atoms with Gasteiger partial charge in [0.05, 0.1) is 0 Å². The van der Waals surface area contributed by atoms with Crippen LogP contribution in [0.4, 0.5) is 0 Å². The number of H-pyrrole nitrogens is 1. The summed E-state index contributed by atoms with van der Waals surface area (Å²) < 4.78 is 0. The zero-order chi connectivity index (χ0) is 19.9. The number of carbonyl (C=O) groups excluding carboxylic acids is 2. The molecule has 2 amide bonds. The second-order valence-corrected chi connectivity index (χ2v) is 7.75. The lowest BCUT2D eigenvalue weighted by molar-refractivity contribution is -0.131. The van der Waals surface area contributed by atoms with Crippen LogP contribution in [0.3, 0.4) is 0 Å². The lowest BCUT2D eigenvalue weighted by atomic mass is 10.0. The molecule has 1 fully saturated rings. The number of carbonyl (C=O) groups is 2. The molecule has 0 aliphatic heterocycles. The number of nitrogens with one attached hydrogen (secondary N) is 2. The highest BCUT2D eigenvalue weighted by atomic mass is 16.2. The van der Waals surface area contributed by atoms with Crippen molar-refractivity contribution in [2.75, 3.05) is 7.05 Å². The van der Waals surface area contributed by atoms with Crippen molar-refractivity contribution in [3.05, 3.63) is 47.5 Å². The first-order valence-electron chi connectivity index (χ1n) is 9.94. The SMILES string of the molecule is CC(CC(=O)N(C)Cc1ccccc1CNC(=O)CCc1ncn[nH]1)C1CC1. The van der Waals surface area contributed by atoms with E-state index in [1.54, 1.807) is 4.90 Å². The molecule has 1 heterocycles. The normalized spacial score (nSPS) is 14.5. The topological polar surface area (TPSA) is 91.0 Å². The minimum absolute atomic E-state index is 0.0334. The number of hydrogen-bond donors (Lipinski definition) is 2. The molecule has 150 valence electrons. The molecule has 0 saturated heterocycles. The third-order valence-electron chi connectivity index (χ3n) is 5.40. The molecule has 1 aromatic heterocycles. The van der Waals surface area contributed by atoms with Crippen molar-refractivity contribution in [2.45, 2.75) is 52.1 Å². The van der Waals surface area contributed by atoms with Gasteiger partial charge < -0.3 is 10.2 Å². The van der Waals surface area contributed by atoms with E-state index in [0.717, 1.165) is 17.0 Å². The Balaban J connectivity index is 1.49. The van der Waals surface area contributed by atoms with Gasteiger partial charge in [0.1, 0.15) is 12.2 Å². The molecule has 3 rings (SSSR count). The Hall–Kier alpha value is -2.70. The fourth-order valence-electron chi connectivity index (χ4n) is 3.36. The first-order chi connectivity index (χ1) is 13.5. The highest BCUT2D eigenvalue weighted by Gasteiger charge is 2.30. The zero-order valence-corrected chi connectivity index (χ0v) is 16.6. The van der Waals surface area contributed by atoms with E-state index < -0.39 is 0 Å². The maximum Gasteiger partial charge on any atom is 0.222 e. The van der Waals surface area contributed by atoms with E-state index in [1.807, 2.05) is 31.3 Å². The summed E-state index contributed by atoms with van der Waals surface area (Å²) in [6.07, 6.45) is 5.46. The third-order valence-corrected chi connectivity index (χ3v) is 5.40. The van der Waals surface area contributed by atoms with Gasteiger partial charge in [0.15, 0.2) is 0 Å². The van der Waals surface area contributed by atoms with Gasteiger partial charge in [-0.1, -0.05) is 31.2 Å². The number of aromatic amines is 1.